The molecule has 0 aromatic rings. The topological polar surface area (TPSA) is 37.4 Å². The van der Waals surface area contributed by atoms with Crippen LogP contribution in [0.3, 0.4) is 0 Å². The highest BCUT2D eigenvalue weighted by Gasteiger charge is 2.35. The van der Waals surface area contributed by atoms with Crippen molar-refractivity contribution < 1.29 is 8.42 Å². The molecule has 0 N–H and O–H groups in total. The van der Waals surface area contributed by atoms with Gasteiger partial charge in [-0.15, -0.1) is 0 Å². The average Bonchev–Trinajstić information content (AvgIpc) is 2.02. The maximum Gasteiger partial charge on any atom is 0.157 e. The summed E-state index contributed by atoms with van der Waals surface area (Å²) >= 11 is 4.14. The van der Waals surface area contributed by atoms with Crippen LogP contribution in [0.25, 0.3) is 0 Å². The van der Waals surface area contributed by atoms with Gasteiger partial charge in [-0.3, -0.25) is 4.90 Å². The summed E-state index contributed by atoms with van der Waals surface area (Å²) in [5.41, 5.74) is 0. The standard InChI is InChI=1S/C8H17NO2S2/c1-7-5-9(3-4-12)6-8(2)13(7,10)11/h7-8,12H,3-6H2,1-2H3. The number of rotatable bonds is 2. The maximum atomic E-state index is 11.6. The van der Waals surface area contributed by atoms with Crippen molar-refractivity contribution in [3.8, 4) is 0 Å². The Morgan fingerprint density at radius 1 is 1.31 bits per heavy atom. The van der Waals surface area contributed by atoms with E-state index >= 15 is 0 Å². The third kappa shape index (κ3) is 2.39. The van der Waals surface area contributed by atoms with Crippen LogP contribution >= 0.6 is 12.6 Å². The Bertz CT molecular complexity index is 245. The molecule has 1 fully saturated rings. The van der Waals surface area contributed by atoms with Gasteiger partial charge in [0.2, 0.25) is 0 Å². The molecule has 0 bridgehead atoms. The van der Waals surface area contributed by atoms with Crippen molar-refractivity contribution in [3.63, 3.8) is 0 Å². The molecule has 1 aliphatic rings. The van der Waals surface area contributed by atoms with Crippen LogP contribution in [0.5, 0.6) is 0 Å². The van der Waals surface area contributed by atoms with Gasteiger partial charge in [0, 0.05) is 25.4 Å². The zero-order valence-corrected chi connectivity index (χ0v) is 9.81. The zero-order valence-electron chi connectivity index (χ0n) is 8.10. The quantitative estimate of drug-likeness (QED) is 0.690. The molecule has 2 atom stereocenters. The minimum atomic E-state index is -2.86. The second-order valence-corrected chi connectivity index (χ2v) is 6.93. The molecule has 1 heterocycles. The molecular formula is C8H17NO2S2. The number of hydrogen-bond acceptors (Lipinski definition) is 4. The lowest BCUT2D eigenvalue weighted by Gasteiger charge is -2.34. The molecule has 5 heteroatoms. The first kappa shape index (κ1) is 11.3. The predicted octanol–water partition coefficient (Wildman–Crippen LogP) is 0.424. The Labute approximate surface area is 85.8 Å². The Balaban J connectivity index is 2.68. The normalized spacial score (nSPS) is 34.7. The van der Waals surface area contributed by atoms with Gasteiger partial charge < -0.3 is 0 Å². The van der Waals surface area contributed by atoms with Gasteiger partial charge in [0.05, 0.1) is 10.5 Å². The van der Waals surface area contributed by atoms with Crippen LogP contribution in [0.1, 0.15) is 13.8 Å². The third-order valence-electron chi connectivity index (χ3n) is 2.57. The molecule has 0 aromatic heterocycles. The average molecular weight is 223 g/mol. The van der Waals surface area contributed by atoms with Crippen LogP contribution in [0.4, 0.5) is 0 Å². The van der Waals surface area contributed by atoms with Crippen molar-refractivity contribution in [2.75, 3.05) is 25.4 Å². The van der Waals surface area contributed by atoms with Crippen LogP contribution in [-0.4, -0.2) is 49.2 Å². The van der Waals surface area contributed by atoms with Crippen LogP contribution in [0.2, 0.25) is 0 Å². The molecular weight excluding hydrogens is 206 g/mol. The van der Waals surface area contributed by atoms with E-state index in [1.807, 2.05) is 0 Å². The first-order chi connectivity index (χ1) is 5.98. The van der Waals surface area contributed by atoms with Crippen LogP contribution in [-0.2, 0) is 9.84 Å². The Hall–Kier alpha value is 0.260. The fourth-order valence-electron chi connectivity index (χ4n) is 1.73. The van der Waals surface area contributed by atoms with E-state index in [1.54, 1.807) is 13.8 Å². The first-order valence-electron chi connectivity index (χ1n) is 4.54. The van der Waals surface area contributed by atoms with Gasteiger partial charge in [-0.05, 0) is 13.8 Å². The molecule has 1 rings (SSSR count). The molecule has 0 aliphatic carbocycles. The van der Waals surface area contributed by atoms with Crippen molar-refractivity contribution in [2.24, 2.45) is 0 Å². The third-order valence-corrected chi connectivity index (χ3v) is 5.31. The second-order valence-electron chi connectivity index (χ2n) is 3.69. The molecule has 1 aliphatic heterocycles. The summed E-state index contributed by atoms with van der Waals surface area (Å²) < 4.78 is 23.2. The highest BCUT2D eigenvalue weighted by molar-refractivity contribution is 7.92. The lowest BCUT2D eigenvalue weighted by Crippen LogP contribution is -2.50. The van der Waals surface area contributed by atoms with Gasteiger partial charge in [-0.2, -0.15) is 12.6 Å². The molecule has 0 spiro atoms. The van der Waals surface area contributed by atoms with Gasteiger partial charge in [0.1, 0.15) is 0 Å². The summed E-state index contributed by atoms with van der Waals surface area (Å²) in [6.07, 6.45) is 0. The lowest BCUT2D eigenvalue weighted by atomic mass is 10.3. The highest BCUT2D eigenvalue weighted by Crippen LogP contribution is 2.18. The van der Waals surface area contributed by atoms with Crippen molar-refractivity contribution in [2.45, 2.75) is 24.3 Å². The van der Waals surface area contributed by atoms with Crippen LogP contribution in [0, 0.1) is 0 Å². The molecule has 0 amide bonds. The van der Waals surface area contributed by atoms with E-state index in [0.29, 0.717) is 13.1 Å². The fourth-order valence-corrected chi connectivity index (χ4v) is 3.64. The Kier molecular flexibility index (Phi) is 3.65. The van der Waals surface area contributed by atoms with Crippen molar-refractivity contribution in [1.29, 1.82) is 0 Å². The number of thiol groups is 1. The Morgan fingerprint density at radius 2 is 1.77 bits per heavy atom. The summed E-state index contributed by atoms with van der Waals surface area (Å²) in [5, 5.41) is -0.452. The first-order valence-corrected chi connectivity index (χ1v) is 6.78. The van der Waals surface area contributed by atoms with E-state index in [9.17, 15) is 8.42 Å². The smallest absolute Gasteiger partial charge is 0.157 e. The van der Waals surface area contributed by atoms with Crippen LogP contribution < -0.4 is 0 Å². The van der Waals surface area contributed by atoms with E-state index in [1.165, 1.54) is 0 Å². The summed E-state index contributed by atoms with van der Waals surface area (Å²) in [6, 6.07) is 0. The predicted molar refractivity (Wildman–Crippen MR) is 58.1 cm³/mol. The lowest BCUT2D eigenvalue weighted by molar-refractivity contribution is 0.276. The Morgan fingerprint density at radius 3 is 2.15 bits per heavy atom. The summed E-state index contributed by atoms with van der Waals surface area (Å²) in [4.78, 5) is 2.17. The summed E-state index contributed by atoms with van der Waals surface area (Å²) in [6.45, 7) is 5.78. The van der Waals surface area contributed by atoms with Gasteiger partial charge >= 0.3 is 0 Å². The summed E-state index contributed by atoms with van der Waals surface area (Å²) in [7, 11) is -2.86. The highest BCUT2D eigenvalue weighted by atomic mass is 32.2. The molecule has 78 valence electrons. The largest absolute Gasteiger partial charge is 0.300 e. The minimum absolute atomic E-state index is 0.226. The molecule has 0 saturated carbocycles. The van der Waals surface area contributed by atoms with Gasteiger partial charge in [0.25, 0.3) is 0 Å². The summed E-state index contributed by atoms with van der Waals surface area (Å²) in [5.74, 6) is 0.791. The number of sulfone groups is 1. The monoisotopic (exact) mass is 223 g/mol. The van der Waals surface area contributed by atoms with E-state index in [-0.39, 0.29) is 10.5 Å². The fraction of sp³-hybridized carbons (Fsp3) is 1.00. The van der Waals surface area contributed by atoms with Crippen LogP contribution in [0.15, 0.2) is 0 Å². The van der Waals surface area contributed by atoms with E-state index < -0.39 is 9.84 Å². The SMILES string of the molecule is CC1CN(CCS)CC(C)S1(=O)=O. The molecule has 0 radical (unpaired) electrons. The van der Waals surface area contributed by atoms with Crippen molar-refractivity contribution in [3.05, 3.63) is 0 Å². The zero-order chi connectivity index (χ0) is 10.1. The molecule has 1 saturated heterocycles. The maximum absolute atomic E-state index is 11.6. The van der Waals surface area contributed by atoms with Crippen molar-refractivity contribution in [1.82, 2.24) is 4.90 Å². The number of nitrogens with zero attached hydrogens (tertiary/aromatic N) is 1. The molecule has 3 nitrogen and oxygen atoms in total. The molecule has 0 aromatic carbocycles. The van der Waals surface area contributed by atoms with Gasteiger partial charge in [-0.25, -0.2) is 8.42 Å². The van der Waals surface area contributed by atoms with E-state index in [4.69, 9.17) is 0 Å². The molecule has 2 unspecified atom stereocenters. The van der Waals surface area contributed by atoms with E-state index in [0.717, 1.165) is 12.3 Å². The van der Waals surface area contributed by atoms with E-state index in [2.05, 4.69) is 17.5 Å². The second kappa shape index (κ2) is 4.19. The number of hydrogen-bond donors (Lipinski definition) is 1. The van der Waals surface area contributed by atoms with Gasteiger partial charge in [0.15, 0.2) is 9.84 Å². The minimum Gasteiger partial charge on any atom is -0.300 e. The van der Waals surface area contributed by atoms with Crippen molar-refractivity contribution >= 4 is 22.5 Å². The van der Waals surface area contributed by atoms with Gasteiger partial charge in [-0.1, -0.05) is 0 Å². The molecule has 13 heavy (non-hydrogen) atoms.